The van der Waals surface area contributed by atoms with E-state index >= 15 is 0 Å². The van der Waals surface area contributed by atoms with Gasteiger partial charge in [0.2, 0.25) is 5.91 Å². The van der Waals surface area contributed by atoms with Gasteiger partial charge in [0.1, 0.15) is 0 Å². The molecule has 1 rings (SSSR count). The van der Waals surface area contributed by atoms with Crippen molar-refractivity contribution in [2.24, 2.45) is 11.8 Å². The average molecular weight is 285 g/mol. The summed E-state index contributed by atoms with van der Waals surface area (Å²) < 4.78 is 4.76. The van der Waals surface area contributed by atoms with E-state index in [4.69, 9.17) is 4.74 Å². The fraction of sp³-hybridized carbons (Fsp3) is 0.769. The summed E-state index contributed by atoms with van der Waals surface area (Å²) in [5.74, 6) is -0.716. The van der Waals surface area contributed by atoms with Crippen LogP contribution in [0, 0.1) is 11.8 Å². The smallest absolute Gasteiger partial charge is 0.321 e. The van der Waals surface area contributed by atoms with Crippen LogP contribution in [0.5, 0.6) is 0 Å². The number of esters is 1. The van der Waals surface area contributed by atoms with Gasteiger partial charge in [-0.2, -0.15) is 0 Å². The molecule has 0 aliphatic carbocycles. The van der Waals surface area contributed by atoms with Crippen LogP contribution in [0.3, 0.4) is 0 Å². The Kier molecular flexibility index (Phi) is 5.94. The molecule has 7 heteroatoms. The Balaban J connectivity index is 2.56. The van der Waals surface area contributed by atoms with Crippen LogP contribution in [0.1, 0.15) is 20.8 Å². The number of ether oxygens (including phenoxy) is 1. The molecule has 20 heavy (non-hydrogen) atoms. The van der Waals surface area contributed by atoms with Gasteiger partial charge >= 0.3 is 12.0 Å². The van der Waals surface area contributed by atoms with Crippen LogP contribution in [0.25, 0.3) is 0 Å². The number of hydrogen-bond donors (Lipinski definition) is 2. The molecule has 0 aromatic rings. The maximum Gasteiger partial charge on any atom is 0.321 e. The van der Waals surface area contributed by atoms with Crippen molar-refractivity contribution in [3.8, 4) is 0 Å². The van der Waals surface area contributed by atoms with Crippen LogP contribution in [-0.4, -0.2) is 55.6 Å². The molecule has 0 bridgehead atoms. The number of urea groups is 1. The van der Waals surface area contributed by atoms with E-state index in [1.807, 2.05) is 11.8 Å². The van der Waals surface area contributed by atoms with Gasteiger partial charge in [-0.05, 0) is 19.8 Å². The van der Waals surface area contributed by atoms with Gasteiger partial charge in [0, 0.05) is 19.6 Å². The normalized spacial score (nSPS) is 24.0. The molecule has 0 saturated carbocycles. The van der Waals surface area contributed by atoms with Gasteiger partial charge < -0.3 is 10.1 Å². The van der Waals surface area contributed by atoms with E-state index in [-0.39, 0.29) is 23.7 Å². The van der Waals surface area contributed by atoms with Gasteiger partial charge in [-0.25, -0.2) is 4.79 Å². The number of imide groups is 1. The van der Waals surface area contributed by atoms with Crippen LogP contribution in [-0.2, 0) is 14.3 Å². The predicted octanol–water partition coefficient (Wildman–Crippen LogP) is -0.0385. The lowest BCUT2D eigenvalue weighted by Crippen LogP contribution is -2.49. The minimum absolute atomic E-state index is 0.127. The van der Waals surface area contributed by atoms with Gasteiger partial charge in [0.05, 0.1) is 19.1 Å². The first-order valence-electron chi connectivity index (χ1n) is 6.81. The molecule has 0 radical (unpaired) electrons. The van der Waals surface area contributed by atoms with Crippen molar-refractivity contribution in [2.45, 2.75) is 26.8 Å². The molecule has 1 saturated heterocycles. The lowest BCUT2D eigenvalue weighted by atomic mass is 9.99. The molecule has 114 valence electrons. The SMILES string of the molecule is CCNC(=O)NC(=O)C(C)N1CC(C)C(C(=O)OC)C1. The van der Waals surface area contributed by atoms with Crippen molar-refractivity contribution in [3.05, 3.63) is 0 Å². The highest BCUT2D eigenvalue weighted by Crippen LogP contribution is 2.25. The lowest BCUT2D eigenvalue weighted by molar-refractivity contribution is -0.146. The second-order valence-electron chi connectivity index (χ2n) is 5.09. The van der Waals surface area contributed by atoms with E-state index in [0.29, 0.717) is 19.6 Å². The third kappa shape index (κ3) is 3.93. The van der Waals surface area contributed by atoms with Gasteiger partial charge in [-0.15, -0.1) is 0 Å². The molecule has 1 aliphatic rings. The minimum Gasteiger partial charge on any atom is -0.469 e. The first-order chi connectivity index (χ1) is 9.40. The molecular weight excluding hydrogens is 262 g/mol. The highest BCUT2D eigenvalue weighted by atomic mass is 16.5. The number of likely N-dealkylation sites (tertiary alicyclic amines) is 1. The number of nitrogens with one attached hydrogen (secondary N) is 2. The highest BCUT2D eigenvalue weighted by molar-refractivity contribution is 5.96. The van der Waals surface area contributed by atoms with E-state index in [9.17, 15) is 14.4 Å². The summed E-state index contributed by atoms with van der Waals surface area (Å²) >= 11 is 0. The number of carbonyl (C=O) groups excluding carboxylic acids is 3. The van der Waals surface area contributed by atoms with Gasteiger partial charge in [-0.3, -0.25) is 19.8 Å². The van der Waals surface area contributed by atoms with Gasteiger partial charge in [-0.1, -0.05) is 6.92 Å². The maximum atomic E-state index is 11.9. The molecular formula is C13H23N3O4. The number of hydrogen-bond acceptors (Lipinski definition) is 5. The summed E-state index contributed by atoms with van der Waals surface area (Å²) in [5.41, 5.74) is 0. The van der Waals surface area contributed by atoms with Crippen molar-refractivity contribution < 1.29 is 19.1 Å². The number of rotatable bonds is 4. The van der Waals surface area contributed by atoms with Gasteiger partial charge in [0.15, 0.2) is 0 Å². The van der Waals surface area contributed by atoms with E-state index in [2.05, 4.69) is 10.6 Å². The fourth-order valence-electron chi connectivity index (χ4n) is 2.37. The molecule has 2 N–H and O–H groups in total. The largest absolute Gasteiger partial charge is 0.469 e. The summed E-state index contributed by atoms with van der Waals surface area (Å²) in [7, 11) is 1.36. The van der Waals surface area contributed by atoms with Crippen LogP contribution in [0.2, 0.25) is 0 Å². The minimum atomic E-state index is -0.499. The van der Waals surface area contributed by atoms with Crippen LogP contribution < -0.4 is 10.6 Å². The monoisotopic (exact) mass is 285 g/mol. The summed E-state index contributed by atoms with van der Waals surface area (Å²) in [5, 5.41) is 4.79. The Morgan fingerprint density at radius 1 is 1.35 bits per heavy atom. The molecule has 1 aliphatic heterocycles. The van der Waals surface area contributed by atoms with E-state index in [1.165, 1.54) is 7.11 Å². The molecule has 3 atom stereocenters. The van der Waals surface area contributed by atoms with Crippen LogP contribution in [0.15, 0.2) is 0 Å². The Bertz CT molecular complexity index is 386. The lowest BCUT2D eigenvalue weighted by Gasteiger charge is -2.22. The Morgan fingerprint density at radius 2 is 2.00 bits per heavy atom. The number of methoxy groups -OCH3 is 1. The zero-order valence-electron chi connectivity index (χ0n) is 12.4. The second-order valence-corrected chi connectivity index (χ2v) is 5.09. The maximum absolute atomic E-state index is 11.9. The predicted molar refractivity (Wildman–Crippen MR) is 72.9 cm³/mol. The summed E-state index contributed by atoms with van der Waals surface area (Å²) in [6.45, 7) is 7.01. The molecule has 1 fully saturated rings. The second kappa shape index (κ2) is 7.23. The molecule has 1 heterocycles. The van der Waals surface area contributed by atoms with Crippen molar-refractivity contribution in [2.75, 3.05) is 26.7 Å². The van der Waals surface area contributed by atoms with Crippen molar-refractivity contribution in [1.29, 1.82) is 0 Å². The average Bonchev–Trinajstić information content (AvgIpc) is 2.79. The molecule has 0 aromatic heterocycles. The topological polar surface area (TPSA) is 87.7 Å². The molecule has 0 aromatic carbocycles. The fourth-order valence-corrected chi connectivity index (χ4v) is 2.37. The zero-order chi connectivity index (χ0) is 15.3. The molecule has 0 spiro atoms. The highest BCUT2D eigenvalue weighted by Gasteiger charge is 2.39. The molecule has 3 unspecified atom stereocenters. The zero-order valence-corrected chi connectivity index (χ0v) is 12.4. The molecule has 7 nitrogen and oxygen atoms in total. The van der Waals surface area contributed by atoms with Crippen molar-refractivity contribution >= 4 is 17.9 Å². The third-order valence-corrected chi connectivity index (χ3v) is 3.65. The van der Waals surface area contributed by atoms with Crippen molar-refractivity contribution in [1.82, 2.24) is 15.5 Å². The van der Waals surface area contributed by atoms with Crippen LogP contribution >= 0.6 is 0 Å². The Labute approximate surface area is 119 Å². The van der Waals surface area contributed by atoms with E-state index in [1.54, 1.807) is 13.8 Å². The number of carbonyl (C=O) groups is 3. The standard InChI is InChI=1S/C13H23N3O4/c1-5-14-13(19)15-11(17)9(3)16-6-8(2)10(7-16)12(18)20-4/h8-10H,5-7H2,1-4H3,(H2,14,15,17,19). The quantitative estimate of drug-likeness (QED) is 0.708. The summed E-state index contributed by atoms with van der Waals surface area (Å²) in [4.78, 5) is 36.8. The Morgan fingerprint density at radius 3 is 2.55 bits per heavy atom. The summed E-state index contributed by atoms with van der Waals surface area (Å²) in [6.07, 6.45) is 0. The van der Waals surface area contributed by atoms with Gasteiger partial charge in [0.25, 0.3) is 0 Å². The summed E-state index contributed by atoms with van der Waals surface area (Å²) in [6, 6.07) is -0.962. The van der Waals surface area contributed by atoms with Crippen LogP contribution in [0.4, 0.5) is 4.79 Å². The number of amides is 3. The first-order valence-corrected chi connectivity index (χ1v) is 6.81. The van der Waals surface area contributed by atoms with Crippen molar-refractivity contribution in [3.63, 3.8) is 0 Å². The van der Waals surface area contributed by atoms with E-state index < -0.39 is 12.1 Å². The first kappa shape index (κ1) is 16.4. The third-order valence-electron chi connectivity index (χ3n) is 3.65. The number of nitrogens with zero attached hydrogens (tertiary/aromatic N) is 1. The Hall–Kier alpha value is -1.63. The molecule has 3 amide bonds. The van der Waals surface area contributed by atoms with E-state index in [0.717, 1.165) is 0 Å².